The largest absolute Gasteiger partial charge is 0.363 e. The number of carbonyl (C=O) groups is 1. The van der Waals surface area contributed by atoms with Crippen molar-refractivity contribution in [1.29, 1.82) is 0 Å². The van der Waals surface area contributed by atoms with Gasteiger partial charge in [0.1, 0.15) is 11.9 Å². The van der Waals surface area contributed by atoms with Crippen LogP contribution < -0.4 is 0 Å². The monoisotopic (exact) mass is 470 g/mol. The highest BCUT2D eigenvalue weighted by atomic mass is 16.7. The van der Waals surface area contributed by atoms with Gasteiger partial charge in [-0.05, 0) is 104 Å². The Kier molecular flexibility index (Phi) is 4.00. The van der Waals surface area contributed by atoms with E-state index in [1.165, 1.54) is 32.1 Å². The summed E-state index contributed by atoms with van der Waals surface area (Å²) in [4.78, 5) is 12.9. The van der Waals surface area contributed by atoms with Gasteiger partial charge in [0.25, 0.3) is 0 Å². The highest BCUT2D eigenvalue weighted by Gasteiger charge is 2.83. The minimum atomic E-state index is -1.14. The fraction of sp³-hybridized carbons (Fsp3) is 0.967. The Labute approximate surface area is 205 Å². The van der Waals surface area contributed by atoms with Gasteiger partial charge in [-0.3, -0.25) is 4.79 Å². The van der Waals surface area contributed by atoms with Crippen molar-refractivity contribution in [3.63, 3.8) is 0 Å². The number of carbonyl (C=O) groups excluding carboxylic acids is 1. The van der Waals surface area contributed by atoms with E-state index in [-0.39, 0.29) is 34.1 Å². The second kappa shape index (κ2) is 5.99. The van der Waals surface area contributed by atoms with Crippen molar-refractivity contribution in [3.05, 3.63) is 0 Å². The molecule has 5 aliphatic carbocycles. The van der Waals surface area contributed by atoms with Crippen LogP contribution in [0.1, 0.15) is 106 Å². The van der Waals surface area contributed by atoms with E-state index in [4.69, 9.17) is 9.47 Å². The molecule has 11 atom stereocenters. The van der Waals surface area contributed by atoms with E-state index in [1.54, 1.807) is 0 Å². The first kappa shape index (κ1) is 22.7. The number of epoxide rings is 1. The van der Waals surface area contributed by atoms with E-state index < -0.39 is 5.79 Å². The third-order valence-corrected chi connectivity index (χ3v) is 13.9. The Morgan fingerprint density at radius 3 is 2.18 bits per heavy atom. The summed E-state index contributed by atoms with van der Waals surface area (Å²) in [6.07, 6.45) is 10.1. The van der Waals surface area contributed by atoms with Crippen LogP contribution in [-0.2, 0) is 14.3 Å². The van der Waals surface area contributed by atoms with Gasteiger partial charge in [0.2, 0.25) is 0 Å². The van der Waals surface area contributed by atoms with Gasteiger partial charge in [-0.2, -0.15) is 0 Å². The van der Waals surface area contributed by atoms with Crippen LogP contribution in [-0.4, -0.2) is 34.5 Å². The second-order valence-corrected chi connectivity index (χ2v) is 15.7. The van der Waals surface area contributed by atoms with Gasteiger partial charge < -0.3 is 14.6 Å². The molecule has 0 amide bonds. The molecule has 190 valence electrons. The van der Waals surface area contributed by atoms with E-state index in [1.807, 2.05) is 0 Å². The first-order chi connectivity index (χ1) is 15.7. The average molecular weight is 471 g/mol. The number of ketones is 1. The first-order valence-corrected chi connectivity index (χ1v) is 14.3. The van der Waals surface area contributed by atoms with E-state index in [9.17, 15) is 9.90 Å². The fourth-order valence-corrected chi connectivity index (χ4v) is 12.3. The Morgan fingerprint density at radius 1 is 0.853 bits per heavy atom. The standard InChI is InChI=1S/C30H46O4/c1-17-14-30(32,23-25(4,5)34-23)33-18-15-27(7)20-9-8-19-24(2,3)21(31)10-11-28(19)16-29(20,28)13-12-26(27,6)22(17)18/h17-20,22-23,32H,8-16H2,1-7H3/t17-,18+,19+,20+,22+,23-,26-,27+,28-,29+,30-/m1/s1. The molecule has 0 aromatic carbocycles. The summed E-state index contributed by atoms with van der Waals surface area (Å²) in [6, 6.07) is 0. The molecule has 1 N–H and O–H groups in total. The van der Waals surface area contributed by atoms with E-state index in [0.29, 0.717) is 40.8 Å². The van der Waals surface area contributed by atoms with Crippen LogP contribution in [0.25, 0.3) is 0 Å². The zero-order valence-electron chi connectivity index (χ0n) is 22.5. The first-order valence-electron chi connectivity index (χ1n) is 14.3. The van der Waals surface area contributed by atoms with Crippen LogP contribution in [0.15, 0.2) is 0 Å². The molecule has 0 aromatic heterocycles. The number of hydrogen-bond donors (Lipinski definition) is 1. The predicted octanol–water partition coefficient (Wildman–Crippen LogP) is 5.90. The molecular formula is C30H46O4. The molecule has 4 nitrogen and oxygen atoms in total. The molecule has 2 heterocycles. The lowest BCUT2D eigenvalue weighted by molar-refractivity contribution is -0.289. The van der Waals surface area contributed by atoms with Gasteiger partial charge in [-0.15, -0.1) is 0 Å². The number of rotatable bonds is 1. The molecule has 0 radical (unpaired) electrons. The van der Waals surface area contributed by atoms with Crippen LogP contribution in [0.3, 0.4) is 0 Å². The van der Waals surface area contributed by atoms with E-state index >= 15 is 0 Å². The molecule has 0 aromatic rings. The van der Waals surface area contributed by atoms with Crippen molar-refractivity contribution >= 4 is 5.78 Å². The smallest absolute Gasteiger partial charge is 0.195 e. The van der Waals surface area contributed by atoms with Gasteiger partial charge in [0.05, 0.1) is 11.7 Å². The molecule has 4 heteroatoms. The summed E-state index contributed by atoms with van der Waals surface area (Å²) in [5.41, 5.74) is 0.907. The maximum Gasteiger partial charge on any atom is 0.195 e. The predicted molar refractivity (Wildman–Crippen MR) is 130 cm³/mol. The Hall–Kier alpha value is -0.450. The maximum absolute atomic E-state index is 12.9. The molecule has 7 rings (SSSR count). The molecule has 2 spiro atoms. The van der Waals surface area contributed by atoms with Crippen molar-refractivity contribution in [3.8, 4) is 0 Å². The molecule has 7 fully saturated rings. The number of fused-ring (bicyclic) bond motifs is 4. The number of ether oxygens (including phenoxy) is 2. The normalized spacial score (nSPS) is 62.5. The zero-order chi connectivity index (χ0) is 24.3. The van der Waals surface area contributed by atoms with Crippen molar-refractivity contribution in [2.45, 2.75) is 130 Å². The highest BCUT2D eigenvalue weighted by Crippen LogP contribution is 2.89. The summed E-state index contributed by atoms with van der Waals surface area (Å²) in [5, 5.41) is 11.6. The second-order valence-electron chi connectivity index (χ2n) is 15.7. The van der Waals surface area contributed by atoms with Gasteiger partial charge >= 0.3 is 0 Å². The SMILES string of the molecule is C[C@@H]1C[C@](O)([C@@H]2OC2(C)C)O[C@H]2C[C@@]3(C)[C@@H]4CC[C@H]5C(C)(C)C(=O)CC[C@@]56C[C@@]46CC[C@]3(C)[C@@H]12. The summed E-state index contributed by atoms with van der Waals surface area (Å²) in [5.74, 6) is 1.60. The number of aliphatic hydroxyl groups is 1. The maximum atomic E-state index is 12.9. The van der Waals surface area contributed by atoms with Gasteiger partial charge in [-0.1, -0.05) is 34.6 Å². The van der Waals surface area contributed by atoms with Crippen LogP contribution in [0.4, 0.5) is 0 Å². The van der Waals surface area contributed by atoms with Crippen LogP contribution in [0, 0.1) is 50.7 Å². The van der Waals surface area contributed by atoms with E-state index in [0.717, 1.165) is 25.2 Å². The molecule has 2 saturated heterocycles. The molecule has 5 saturated carbocycles. The highest BCUT2D eigenvalue weighted by molar-refractivity contribution is 5.86. The fourth-order valence-electron chi connectivity index (χ4n) is 12.3. The Morgan fingerprint density at radius 2 is 1.50 bits per heavy atom. The van der Waals surface area contributed by atoms with Gasteiger partial charge in [-0.25, -0.2) is 0 Å². The number of Topliss-reactive ketones (excluding diaryl/α,β-unsaturated/α-hetero) is 1. The molecular weight excluding hydrogens is 424 g/mol. The lowest BCUT2D eigenvalue weighted by Crippen LogP contribution is -2.58. The molecule has 0 bridgehead atoms. The van der Waals surface area contributed by atoms with Crippen LogP contribution in [0.2, 0.25) is 0 Å². The minimum Gasteiger partial charge on any atom is -0.363 e. The summed E-state index contributed by atoms with van der Waals surface area (Å²) in [7, 11) is 0. The van der Waals surface area contributed by atoms with Crippen LogP contribution in [0.5, 0.6) is 0 Å². The van der Waals surface area contributed by atoms with Crippen molar-refractivity contribution in [2.75, 3.05) is 0 Å². The molecule has 34 heavy (non-hydrogen) atoms. The Bertz CT molecular complexity index is 971. The number of hydrogen-bond acceptors (Lipinski definition) is 4. The molecule has 2 aliphatic heterocycles. The van der Waals surface area contributed by atoms with E-state index in [2.05, 4.69) is 48.5 Å². The van der Waals surface area contributed by atoms with Crippen molar-refractivity contribution in [2.24, 2.45) is 50.7 Å². The molecule has 7 aliphatic rings. The quantitative estimate of drug-likeness (QED) is 0.485. The van der Waals surface area contributed by atoms with Crippen LogP contribution >= 0.6 is 0 Å². The Balaban J connectivity index is 1.24. The lowest BCUT2D eigenvalue weighted by atomic mass is 9.42. The van der Waals surface area contributed by atoms with Gasteiger partial charge in [0.15, 0.2) is 5.79 Å². The minimum absolute atomic E-state index is 0.121. The van der Waals surface area contributed by atoms with Crippen molar-refractivity contribution in [1.82, 2.24) is 0 Å². The van der Waals surface area contributed by atoms with Crippen molar-refractivity contribution < 1.29 is 19.4 Å². The third kappa shape index (κ3) is 2.28. The topological polar surface area (TPSA) is 59.1 Å². The zero-order valence-corrected chi connectivity index (χ0v) is 22.5. The van der Waals surface area contributed by atoms with Gasteiger partial charge in [0, 0.05) is 18.3 Å². The third-order valence-electron chi connectivity index (χ3n) is 13.9. The molecule has 0 unspecified atom stereocenters. The average Bonchev–Trinajstić information content (AvgIpc) is 3.56. The summed E-state index contributed by atoms with van der Waals surface area (Å²) < 4.78 is 12.6. The summed E-state index contributed by atoms with van der Waals surface area (Å²) >= 11 is 0. The summed E-state index contributed by atoms with van der Waals surface area (Å²) in [6.45, 7) is 16.2. The lowest BCUT2D eigenvalue weighted by Gasteiger charge is -2.62.